The highest BCUT2D eigenvalue weighted by Gasteiger charge is 2.16. The van der Waals surface area contributed by atoms with Gasteiger partial charge in [0, 0.05) is 29.7 Å². The van der Waals surface area contributed by atoms with Gasteiger partial charge in [0.05, 0.1) is 26.5 Å². The summed E-state index contributed by atoms with van der Waals surface area (Å²) in [5, 5.41) is 7.58. The van der Waals surface area contributed by atoms with Gasteiger partial charge in [-0.05, 0) is 23.8 Å². The summed E-state index contributed by atoms with van der Waals surface area (Å²) in [6, 6.07) is 15.8. The van der Waals surface area contributed by atoms with E-state index >= 15 is 0 Å². The standard InChI is InChI=1S/C22H24BrN7O2/c1-31-19-8-7-18(23)13-17(19)15-25-29-21-26-20(24-14-16-5-3-2-4-6-16)27-22(28-21)30-9-11-32-12-10-30/h2-8,13,15H,9-12,14H2,1H3,(H2,24,26,27,28,29)/b25-15+. The number of halogens is 1. The molecule has 0 atom stereocenters. The van der Waals surface area contributed by atoms with E-state index in [1.807, 2.05) is 48.5 Å². The fraction of sp³-hybridized carbons (Fsp3) is 0.273. The number of benzene rings is 2. The van der Waals surface area contributed by atoms with Crippen molar-refractivity contribution in [3.63, 3.8) is 0 Å². The van der Waals surface area contributed by atoms with Crippen molar-refractivity contribution >= 4 is 40.0 Å². The lowest BCUT2D eigenvalue weighted by molar-refractivity contribution is 0.122. The number of aromatic nitrogens is 3. The van der Waals surface area contributed by atoms with E-state index in [4.69, 9.17) is 9.47 Å². The second-order valence-corrected chi connectivity index (χ2v) is 7.89. The number of hydrogen-bond donors (Lipinski definition) is 2. The number of morpholine rings is 1. The van der Waals surface area contributed by atoms with Crippen LogP contribution in [-0.4, -0.2) is 54.6 Å². The van der Waals surface area contributed by atoms with Crippen molar-refractivity contribution in [2.24, 2.45) is 5.10 Å². The Bertz CT molecular complexity index is 1060. The van der Waals surface area contributed by atoms with Gasteiger partial charge in [-0.25, -0.2) is 5.43 Å². The van der Waals surface area contributed by atoms with Gasteiger partial charge in [-0.3, -0.25) is 0 Å². The number of ether oxygens (including phenoxy) is 2. The zero-order valence-electron chi connectivity index (χ0n) is 17.7. The molecular weight excluding hydrogens is 474 g/mol. The van der Waals surface area contributed by atoms with Gasteiger partial charge in [0.25, 0.3) is 0 Å². The molecule has 2 N–H and O–H groups in total. The van der Waals surface area contributed by atoms with Crippen molar-refractivity contribution in [1.82, 2.24) is 15.0 Å². The number of anilines is 3. The van der Waals surface area contributed by atoms with Crippen LogP contribution >= 0.6 is 15.9 Å². The van der Waals surface area contributed by atoms with Gasteiger partial charge in [0.1, 0.15) is 5.75 Å². The van der Waals surface area contributed by atoms with Crippen LogP contribution in [0.25, 0.3) is 0 Å². The minimum atomic E-state index is 0.349. The predicted molar refractivity (Wildman–Crippen MR) is 129 cm³/mol. The molecule has 166 valence electrons. The lowest BCUT2D eigenvalue weighted by atomic mass is 10.2. The minimum absolute atomic E-state index is 0.349. The zero-order chi connectivity index (χ0) is 22.2. The molecule has 0 amide bonds. The maximum Gasteiger partial charge on any atom is 0.250 e. The first-order valence-electron chi connectivity index (χ1n) is 10.2. The molecule has 10 heteroatoms. The van der Waals surface area contributed by atoms with Crippen LogP contribution in [0, 0.1) is 0 Å². The molecule has 9 nitrogen and oxygen atoms in total. The Hall–Kier alpha value is -3.24. The lowest BCUT2D eigenvalue weighted by Crippen LogP contribution is -2.37. The number of hydrogen-bond acceptors (Lipinski definition) is 9. The van der Waals surface area contributed by atoms with E-state index < -0.39 is 0 Å². The molecule has 0 saturated carbocycles. The first-order valence-corrected chi connectivity index (χ1v) is 11.0. The van der Waals surface area contributed by atoms with Crippen molar-refractivity contribution in [1.29, 1.82) is 0 Å². The van der Waals surface area contributed by atoms with Crippen molar-refractivity contribution in [3.05, 3.63) is 64.1 Å². The predicted octanol–water partition coefficient (Wildman–Crippen LogP) is 3.54. The van der Waals surface area contributed by atoms with E-state index in [9.17, 15) is 0 Å². The molecule has 3 aromatic rings. The third-order valence-corrected chi connectivity index (χ3v) is 5.26. The third-order valence-electron chi connectivity index (χ3n) is 4.77. The summed E-state index contributed by atoms with van der Waals surface area (Å²) in [6.07, 6.45) is 1.67. The molecule has 1 fully saturated rings. The van der Waals surface area contributed by atoms with E-state index in [1.165, 1.54) is 0 Å². The van der Waals surface area contributed by atoms with Crippen LogP contribution in [0.3, 0.4) is 0 Å². The average Bonchev–Trinajstić information content (AvgIpc) is 2.84. The van der Waals surface area contributed by atoms with Gasteiger partial charge in [-0.15, -0.1) is 0 Å². The van der Waals surface area contributed by atoms with Crippen LogP contribution in [0.5, 0.6) is 5.75 Å². The normalized spacial score (nSPS) is 13.9. The number of nitrogens with zero attached hydrogens (tertiary/aromatic N) is 5. The van der Waals surface area contributed by atoms with Crippen LogP contribution in [0.4, 0.5) is 17.8 Å². The fourth-order valence-corrected chi connectivity index (χ4v) is 3.52. The van der Waals surface area contributed by atoms with E-state index in [1.54, 1.807) is 13.3 Å². The number of rotatable bonds is 8. The summed E-state index contributed by atoms with van der Waals surface area (Å²) in [5.74, 6) is 2.12. The quantitative estimate of drug-likeness (QED) is 0.360. The second kappa shape index (κ2) is 10.9. The SMILES string of the molecule is COc1ccc(Br)cc1/C=N/Nc1nc(NCc2ccccc2)nc(N2CCOCC2)n1. The Morgan fingerprint density at radius 2 is 1.88 bits per heavy atom. The molecule has 0 spiro atoms. The number of hydrazone groups is 1. The summed E-state index contributed by atoms with van der Waals surface area (Å²) in [7, 11) is 1.62. The molecule has 4 rings (SSSR count). The van der Waals surface area contributed by atoms with Crippen molar-refractivity contribution in [2.75, 3.05) is 49.1 Å². The first kappa shape index (κ1) is 22.0. The molecule has 32 heavy (non-hydrogen) atoms. The van der Waals surface area contributed by atoms with Crippen LogP contribution in [0.2, 0.25) is 0 Å². The van der Waals surface area contributed by atoms with E-state index in [2.05, 4.69) is 51.6 Å². The molecule has 2 aromatic carbocycles. The van der Waals surface area contributed by atoms with Gasteiger partial charge in [-0.2, -0.15) is 20.1 Å². The van der Waals surface area contributed by atoms with Crippen LogP contribution in [0.15, 0.2) is 58.1 Å². The maximum absolute atomic E-state index is 5.45. The molecule has 0 unspecified atom stereocenters. The van der Waals surface area contributed by atoms with Crippen molar-refractivity contribution < 1.29 is 9.47 Å². The smallest absolute Gasteiger partial charge is 0.250 e. The molecule has 0 bridgehead atoms. The highest BCUT2D eigenvalue weighted by atomic mass is 79.9. The lowest BCUT2D eigenvalue weighted by Gasteiger charge is -2.27. The van der Waals surface area contributed by atoms with Crippen molar-refractivity contribution in [2.45, 2.75) is 6.54 Å². The highest BCUT2D eigenvalue weighted by Crippen LogP contribution is 2.21. The minimum Gasteiger partial charge on any atom is -0.496 e. The summed E-state index contributed by atoms with van der Waals surface area (Å²) in [4.78, 5) is 15.7. The number of methoxy groups -OCH3 is 1. The molecule has 1 aliphatic heterocycles. The Balaban J connectivity index is 1.53. The monoisotopic (exact) mass is 497 g/mol. The molecule has 0 radical (unpaired) electrons. The van der Waals surface area contributed by atoms with Gasteiger partial charge in [0.15, 0.2) is 0 Å². The summed E-state index contributed by atoms with van der Waals surface area (Å²) in [5.41, 5.74) is 4.87. The summed E-state index contributed by atoms with van der Waals surface area (Å²) in [6.45, 7) is 3.33. The third kappa shape index (κ3) is 5.92. The van der Waals surface area contributed by atoms with Crippen LogP contribution in [-0.2, 0) is 11.3 Å². The fourth-order valence-electron chi connectivity index (χ4n) is 3.14. The number of nitrogens with one attached hydrogen (secondary N) is 2. The van der Waals surface area contributed by atoms with Gasteiger partial charge in [0.2, 0.25) is 17.8 Å². The van der Waals surface area contributed by atoms with E-state index in [0.29, 0.717) is 43.4 Å². The first-order chi connectivity index (χ1) is 15.7. The van der Waals surface area contributed by atoms with E-state index in [-0.39, 0.29) is 0 Å². The Morgan fingerprint density at radius 1 is 1.09 bits per heavy atom. The summed E-state index contributed by atoms with van der Waals surface area (Å²) >= 11 is 3.47. The van der Waals surface area contributed by atoms with Crippen LogP contribution < -0.4 is 20.4 Å². The van der Waals surface area contributed by atoms with E-state index in [0.717, 1.165) is 28.7 Å². The zero-order valence-corrected chi connectivity index (χ0v) is 19.2. The average molecular weight is 498 g/mol. The topological polar surface area (TPSA) is 96.8 Å². The molecule has 1 saturated heterocycles. The van der Waals surface area contributed by atoms with Crippen molar-refractivity contribution in [3.8, 4) is 5.75 Å². The molecule has 0 aliphatic carbocycles. The molecule has 2 heterocycles. The molecular formula is C22H24BrN7O2. The molecule has 1 aromatic heterocycles. The Labute approximate surface area is 195 Å². The Morgan fingerprint density at radius 3 is 2.66 bits per heavy atom. The maximum atomic E-state index is 5.45. The van der Waals surface area contributed by atoms with Gasteiger partial charge in [-0.1, -0.05) is 46.3 Å². The van der Waals surface area contributed by atoms with Gasteiger partial charge >= 0.3 is 0 Å². The summed E-state index contributed by atoms with van der Waals surface area (Å²) < 4.78 is 11.8. The second-order valence-electron chi connectivity index (χ2n) is 6.98. The molecule has 1 aliphatic rings. The Kier molecular flexibility index (Phi) is 7.47. The van der Waals surface area contributed by atoms with Crippen LogP contribution in [0.1, 0.15) is 11.1 Å². The highest BCUT2D eigenvalue weighted by molar-refractivity contribution is 9.10. The largest absolute Gasteiger partial charge is 0.496 e. The van der Waals surface area contributed by atoms with Gasteiger partial charge < -0.3 is 19.7 Å².